The van der Waals surface area contributed by atoms with Gasteiger partial charge in [-0.15, -0.1) is 11.3 Å². The fourth-order valence-electron chi connectivity index (χ4n) is 4.39. The molecule has 268 valence electrons. The molecule has 1 aliphatic heterocycles. The number of aromatic nitrogens is 3. The number of para-hydroxylation sites is 1. The first-order valence-corrected chi connectivity index (χ1v) is 15.1. The summed E-state index contributed by atoms with van der Waals surface area (Å²) in [5, 5.41) is 18.7. The van der Waals surface area contributed by atoms with Crippen LogP contribution in [0.4, 0.5) is 26.3 Å². The first kappa shape index (κ1) is 38.8. The number of carboxylic acid groups (broad SMARTS) is 2. The van der Waals surface area contributed by atoms with Crippen molar-refractivity contribution in [3.63, 3.8) is 0 Å². The maximum Gasteiger partial charge on any atom is 0.490 e. The summed E-state index contributed by atoms with van der Waals surface area (Å²) in [6.45, 7) is 5.50. The van der Waals surface area contributed by atoms with Crippen LogP contribution in [0.5, 0.6) is 5.75 Å². The van der Waals surface area contributed by atoms with Crippen LogP contribution in [-0.4, -0.2) is 105 Å². The highest BCUT2D eigenvalue weighted by Gasteiger charge is 2.39. The number of carbonyl (C=O) groups excluding carboxylic acids is 1. The van der Waals surface area contributed by atoms with Crippen LogP contribution in [0, 0.1) is 0 Å². The Balaban J connectivity index is 0.000000392. The van der Waals surface area contributed by atoms with Crippen molar-refractivity contribution in [1.29, 1.82) is 0 Å². The van der Waals surface area contributed by atoms with Gasteiger partial charge in [-0.25, -0.2) is 14.6 Å². The first-order valence-electron chi connectivity index (χ1n) is 14.3. The molecule has 1 aromatic carbocycles. The standard InChI is InChI=1S/C25H29N5O4S.2C2HF3O2/c1-28-19-6-3-2-5-18(19)22-20(25(28)32)21(34-16-13-29-11-14-33-15-12-29)23(35-22)24(31)27-7-4-9-30-10-8-26-17-30;2*3-2(4,5)1(6)7/h2-3,5-6,8,10,17H,4,7,9,11-16H2,1H3,(H,27,31);2*(H,6,7). The Labute approximate surface area is 277 Å². The molecule has 4 heterocycles. The van der Waals surface area contributed by atoms with Gasteiger partial charge in [0.05, 0.1) is 29.8 Å². The summed E-state index contributed by atoms with van der Waals surface area (Å²) in [5.41, 5.74) is 0.675. The Morgan fingerprint density at radius 1 is 1.02 bits per heavy atom. The average molecular weight is 724 g/mol. The Morgan fingerprint density at radius 3 is 2.20 bits per heavy atom. The molecule has 0 saturated carbocycles. The van der Waals surface area contributed by atoms with Gasteiger partial charge in [0.15, 0.2) is 5.75 Å². The third-order valence-corrected chi connectivity index (χ3v) is 7.98. The molecule has 0 aliphatic carbocycles. The Bertz CT molecular complexity index is 1760. The molecule has 20 heteroatoms. The van der Waals surface area contributed by atoms with Crippen LogP contribution in [0.15, 0.2) is 47.8 Å². The number of aryl methyl sites for hydroxylation is 2. The number of ether oxygens (including phenoxy) is 2. The molecule has 0 unspecified atom stereocenters. The molecule has 0 bridgehead atoms. The number of benzene rings is 1. The molecule has 5 rings (SSSR count). The minimum atomic E-state index is -5.08. The van der Waals surface area contributed by atoms with Gasteiger partial charge in [-0.2, -0.15) is 26.3 Å². The Morgan fingerprint density at radius 2 is 1.63 bits per heavy atom. The summed E-state index contributed by atoms with van der Waals surface area (Å²) in [7, 11) is 1.76. The SMILES string of the molecule is Cn1c(=O)c2c(OCCN3CCOCC3)c(C(=O)NCCCn3ccnc3)sc2c2ccccc21.O=C(O)C(F)(F)F.O=C(O)C(F)(F)F. The molecule has 1 saturated heterocycles. The van der Waals surface area contributed by atoms with Crippen LogP contribution >= 0.6 is 11.3 Å². The normalized spacial score (nSPS) is 13.6. The van der Waals surface area contributed by atoms with E-state index < -0.39 is 24.3 Å². The van der Waals surface area contributed by atoms with Crippen LogP contribution in [-0.2, 0) is 27.9 Å². The molecule has 1 aliphatic rings. The molecule has 13 nitrogen and oxygen atoms in total. The molecule has 0 atom stereocenters. The predicted octanol–water partition coefficient (Wildman–Crippen LogP) is 3.75. The molecular formula is C29H31F6N5O8S. The molecule has 3 N–H and O–H groups in total. The molecule has 1 amide bonds. The number of pyridine rings is 1. The zero-order chi connectivity index (χ0) is 36.4. The van der Waals surface area contributed by atoms with E-state index in [1.54, 1.807) is 24.1 Å². The number of nitrogens with zero attached hydrogens (tertiary/aromatic N) is 4. The Kier molecular flexibility index (Phi) is 13.5. The summed E-state index contributed by atoms with van der Waals surface area (Å²) in [6.07, 6.45) is -4.00. The highest BCUT2D eigenvalue weighted by atomic mass is 32.1. The van der Waals surface area contributed by atoms with E-state index in [2.05, 4.69) is 15.2 Å². The van der Waals surface area contributed by atoms with Gasteiger partial charge in [0.2, 0.25) is 0 Å². The van der Waals surface area contributed by atoms with Gasteiger partial charge >= 0.3 is 24.3 Å². The number of hydrogen-bond donors (Lipinski definition) is 3. The second kappa shape index (κ2) is 17.1. The van der Waals surface area contributed by atoms with Crippen molar-refractivity contribution in [2.24, 2.45) is 7.05 Å². The van der Waals surface area contributed by atoms with E-state index in [0.29, 0.717) is 48.9 Å². The number of hydrogen-bond acceptors (Lipinski definition) is 9. The number of aliphatic carboxylic acids is 2. The van der Waals surface area contributed by atoms with E-state index in [1.807, 2.05) is 35.0 Å². The molecule has 0 spiro atoms. The number of carbonyl (C=O) groups is 3. The van der Waals surface area contributed by atoms with Gasteiger partial charge in [0.1, 0.15) is 16.9 Å². The predicted molar refractivity (Wildman–Crippen MR) is 164 cm³/mol. The van der Waals surface area contributed by atoms with E-state index in [1.165, 1.54) is 11.3 Å². The van der Waals surface area contributed by atoms with E-state index in [9.17, 15) is 35.9 Å². The van der Waals surface area contributed by atoms with Gasteiger partial charge in [-0.3, -0.25) is 14.5 Å². The van der Waals surface area contributed by atoms with Crippen LogP contribution in [0.2, 0.25) is 0 Å². The zero-order valence-electron chi connectivity index (χ0n) is 25.7. The van der Waals surface area contributed by atoms with Crippen molar-refractivity contribution in [2.75, 3.05) is 46.0 Å². The lowest BCUT2D eigenvalue weighted by Gasteiger charge is -2.26. The number of rotatable bonds is 9. The second-order valence-corrected chi connectivity index (χ2v) is 11.2. The minimum absolute atomic E-state index is 0.157. The van der Waals surface area contributed by atoms with E-state index in [4.69, 9.17) is 29.3 Å². The van der Waals surface area contributed by atoms with E-state index >= 15 is 0 Å². The summed E-state index contributed by atoms with van der Waals surface area (Å²) in [6, 6.07) is 7.76. The fourth-order valence-corrected chi connectivity index (χ4v) is 5.57. The fraction of sp³-hybridized carbons (Fsp3) is 0.414. The third kappa shape index (κ3) is 10.9. The largest absolute Gasteiger partial charge is 0.490 e. The first-order chi connectivity index (χ1) is 23.0. The molecule has 49 heavy (non-hydrogen) atoms. The van der Waals surface area contributed by atoms with E-state index in [0.717, 1.165) is 41.7 Å². The third-order valence-electron chi connectivity index (χ3n) is 6.78. The summed E-state index contributed by atoms with van der Waals surface area (Å²) in [4.78, 5) is 51.2. The lowest BCUT2D eigenvalue weighted by molar-refractivity contribution is -0.193. The number of amides is 1. The number of carboxylic acids is 2. The highest BCUT2D eigenvalue weighted by Crippen LogP contribution is 2.39. The number of halogens is 6. The van der Waals surface area contributed by atoms with Crippen LogP contribution in [0.3, 0.4) is 0 Å². The molecule has 4 aromatic rings. The van der Waals surface area contributed by atoms with Gasteiger partial charge in [0, 0.05) is 57.6 Å². The van der Waals surface area contributed by atoms with Gasteiger partial charge in [0.25, 0.3) is 11.5 Å². The summed E-state index contributed by atoms with van der Waals surface area (Å²) < 4.78 is 79.5. The maximum absolute atomic E-state index is 13.4. The van der Waals surface area contributed by atoms with Crippen LogP contribution in [0.25, 0.3) is 21.0 Å². The number of alkyl halides is 6. The quantitative estimate of drug-likeness (QED) is 0.171. The number of morpholine rings is 1. The van der Waals surface area contributed by atoms with Gasteiger partial charge < -0.3 is 34.1 Å². The highest BCUT2D eigenvalue weighted by molar-refractivity contribution is 7.22. The lowest BCUT2D eigenvalue weighted by Crippen LogP contribution is -2.38. The molecule has 3 aromatic heterocycles. The van der Waals surface area contributed by atoms with Crippen molar-refractivity contribution in [3.05, 3.63) is 58.2 Å². The topological polar surface area (TPSA) is 165 Å². The number of imidazole rings is 1. The number of fused-ring (bicyclic) bond motifs is 3. The minimum Gasteiger partial charge on any atom is -0.490 e. The van der Waals surface area contributed by atoms with Gasteiger partial charge in [-0.1, -0.05) is 18.2 Å². The molecule has 0 radical (unpaired) electrons. The van der Waals surface area contributed by atoms with E-state index in [-0.39, 0.29) is 11.5 Å². The Hall–Kier alpha value is -4.69. The number of nitrogens with one attached hydrogen (secondary N) is 1. The van der Waals surface area contributed by atoms with Crippen molar-refractivity contribution in [3.8, 4) is 5.75 Å². The lowest BCUT2D eigenvalue weighted by atomic mass is 10.1. The van der Waals surface area contributed by atoms with Gasteiger partial charge in [-0.05, 0) is 12.5 Å². The maximum atomic E-state index is 13.4. The van der Waals surface area contributed by atoms with Crippen LogP contribution < -0.4 is 15.6 Å². The smallest absolute Gasteiger partial charge is 0.490 e. The van der Waals surface area contributed by atoms with Crippen LogP contribution in [0.1, 0.15) is 16.1 Å². The number of thiophene rings is 1. The summed E-state index contributed by atoms with van der Waals surface area (Å²) >= 11 is 1.33. The van der Waals surface area contributed by atoms with Crippen molar-refractivity contribution >= 4 is 50.2 Å². The molecular weight excluding hydrogens is 692 g/mol. The van der Waals surface area contributed by atoms with Crippen molar-refractivity contribution in [2.45, 2.75) is 25.3 Å². The average Bonchev–Trinajstić information content (AvgIpc) is 3.71. The monoisotopic (exact) mass is 723 g/mol. The summed E-state index contributed by atoms with van der Waals surface area (Å²) in [5.74, 6) is -5.35. The second-order valence-electron chi connectivity index (χ2n) is 10.2. The van der Waals surface area contributed by atoms with Crippen molar-refractivity contribution < 1.29 is 60.4 Å². The zero-order valence-corrected chi connectivity index (χ0v) is 26.5. The molecule has 1 fully saturated rings. The van der Waals surface area contributed by atoms with Crippen molar-refractivity contribution in [1.82, 2.24) is 24.3 Å².